The van der Waals surface area contributed by atoms with Gasteiger partial charge in [-0.2, -0.15) is 18.2 Å². The average Bonchev–Trinajstić information content (AvgIpc) is 3.30. The zero-order chi connectivity index (χ0) is 22.7. The Bertz CT molecular complexity index is 1120. The molecular weight excluding hydrogens is 447 g/mol. The van der Waals surface area contributed by atoms with Crippen molar-refractivity contribution >= 4 is 29.4 Å². The maximum atomic E-state index is 12.6. The molecule has 11 heteroatoms. The highest BCUT2D eigenvalue weighted by molar-refractivity contribution is 6.32. The number of halogens is 4. The van der Waals surface area contributed by atoms with E-state index in [-0.39, 0.29) is 11.7 Å². The van der Waals surface area contributed by atoms with Crippen LogP contribution in [0, 0.1) is 0 Å². The van der Waals surface area contributed by atoms with E-state index in [4.69, 9.17) is 11.6 Å². The summed E-state index contributed by atoms with van der Waals surface area (Å²) in [6.45, 7) is 2.15. The van der Waals surface area contributed by atoms with E-state index in [1.165, 1.54) is 12.3 Å². The third-order valence-corrected chi connectivity index (χ3v) is 5.24. The minimum absolute atomic E-state index is 0.106. The fourth-order valence-electron chi connectivity index (χ4n) is 3.19. The fourth-order valence-corrected chi connectivity index (χ4v) is 3.39. The largest absolute Gasteiger partial charge is 0.471 e. The van der Waals surface area contributed by atoms with Crippen LogP contribution < -0.4 is 4.90 Å². The quantitative estimate of drug-likeness (QED) is 0.541. The minimum atomic E-state index is -4.70. The van der Waals surface area contributed by atoms with Crippen LogP contribution in [-0.4, -0.2) is 52.1 Å². The van der Waals surface area contributed by atoms with Gasteiger partial charge >= 0.3 is 12.1 Å². The number of hydrogen-bond donors (Lipinski definition) is 0. The summed E-state index contributed by atoms with van der Waals surface area (Å²) in [7, 11) is 0. The minimum Gasteiger partial charge on any atom is -0.353 e. The maximum Gasteiger partial charge on any atom is 0.471 e. The summed E-state index contributed by atoms with van der Waals surface area (Å²) in [6, 6.07) is 10.5. The normalized spacial score (nSPS) is 14.9. The molecule has 1 saturated heterocycles. The number of alkyl halides is 3. The summed E-state index contributed by atoms with van der Waals surface area (Å²) in [4.78, 5) is 23.8. The standard InChI is InChI=1S/C21H17ClF3N5O2/c22-16-4-2-1-3-14(16)6-8-18(31)30-11-9-29(10-12-30)17-7-5-15(13-26-17)19-27-20(32-28-19)21(23,24)25/h1-8,13H,9-12H2/b8-6+. The summed E-state index contributed by atoms with van der Waals surface area (Å²) in [5.74, 6) is -1.05. The van der Waals surface area contributed by atoms with Crippen LogP contribution in [0.1, 0.15) is 11.5 Å². The summed E-state index contributed by atoms with van der Waals surface area (Å²) < 4.78 is 42.1. The molecule has 0 bridgehead atoms. The van der Waals surface area contributed by atoms with Crippen LogP contribution >= 0.6 is 11.6 Å². The predicted octanol–water partition coefficient (Wildman–Crippen LogP) is 4.17. The number of amides is 1. The van der Waals surface area contributed by atoms with Gasteiger partial charge in [-0.3, -0.25) is 4.79 Å². The van der Waals surface area contributed by atoms with Gasteiger partial charge in [0.05, 0.1) is 0 Å². The second kappa shape index (κ2) is 8.99. The van der Waals surface area contributed by atoms with Gasteiger partial charge < -0.3 is 14.3 Å². The van der Waals surface area contributed by atoms with Gasteiger partial charge in [-0.05, 0) is 29.8 Å². The molecule has 166 valence electrons. The number of rotatable bonds is 4. The number of carbonyl (C=O) groups is 1. The monoisotopic (exact) mass is 463 g/mol. The molecule has 0 spiro atoms. The number of hydrogen-bond acceptors (Lipinski definition) is 6. The molecule has 3 heterocycles. The van der Waals surface area contributed by atoms with E-state index < -0.39 is 12.1 Å². The Morgan fingerprint density at radius 3 is 2.47 bits per heavy atom. The molecule has 4 rings (SSSR count). The molecule has 0 N–H and O–H groups in total. The van der Waals surface area contributed by atoms with Crippen molar-refractivity contribution in [2.45, 2.75) is 6.18 Å². The maximum absolute atomic E-state index is 12.6. The first-order valence-electron chi connectivity index (χ1n) is 9.65. The lowest BCUT2D eigenvalue weighted by Gasteiger charge is -2.35. The van der Waals surface area contributed by atoms with Gasteiger partial charge in [0.25, 0.3) is 0 Å². The van der Waals surface area contributed by atoms with Crippen LogP contribution in [0.3, 0.4) is 0 Å². The van der Waals surface area contributed by atoms with Gasteiger partial charge in [0.1, 0.15) is 5.82 Å². The van der Waals surface area contributed by atoms with E-state index in [0.29, 0.717) is 42.6 Å². The Morgan fingerprint density at radius 1 is 1.09 bits per heavy atom. The topological polar surface area (TPSA) is 75.4 Å². The van der Waals surface area contributed by atoms with Gasteiger partial charge in [-0.1, -0.05) is 35.0 Å². The lowest BCUT2D eigenvalue weighted by Crippen LogP contribution is -2.48. The SMILES string of the molecule is O=C(/C=C/c1ccccc1Cl)N1CCN(c2ccc(-c3noc(C(F)(F)F)n3)cn2)CC1. The molecular formula is C21H17ClF3N5O2. The number of aromatic nitrogens is 3. The second-order valence-electron chi connectivity index (χ2n) is 6.99. The highest BCUT2D eigenvalue weighted by atomic mass is 35.5. The van der Waals surface area contributed by atoms with Crippen molar-refractivity contribution in [2.24, 2.45) is 0 Å². The van der Waals surface area contributed by atoms with Crippen LogP contribution in [0.5, 0.6) is 0 Å². The highest BCUT2D eigenvalue weighted by Gasteiger charge is 2.38. The van der Waals surface area contributed by atoms with Crippen LogP contribution in [0.4, 0.5) is 19.0 Å². The number of piperazine rings is 1. The summed E-state index contributed by atoms with van der Waals surface area (Å²) >= 11 is 6.10. The van der Waals surface area contributed by atoms with Gasteiger partial charge in [0, 0.05) is 49.0 Å². The van der Waals surface area contributed by atoms with E-state index >= 15 is 0 Å². The van der Waals surface area contributed by atoms with E-state index in [9.17, 15) is 18.0 Å². The molecule has 0 unspecified atom stereocenters. The Labute approximate surface area is 186 Å². The Kier molecular flexibility index (Phi) is 6.13. The Morgan fingerprint density at radius 2 is 1.84 bits per heavy atom. The molecule has 1 amide bonds. The predicted molar refractivity (Wildman–Crippen MR) is 112 cm³/mol. The molecule has 32 heavy (non-hydrogen) atoms. The van der Waals surface area contributed by atoms with Crippen LogP contribution in [-0.2, 0) is 11.0 Å². The molecule has 1 fully saturated rings. The molecule has 0 aliphatic carbocycles. The van der Waals surface area contributed by atoms with Crippen molar-refractivity contribution < 1.29 is 22.5 Å². The molecule has 2 aromatic heterocycles. The van der Waals surface area contributed by atoms with Crippen molar-refractivity contribution in [1.82, 2.24) is 20.0 Å². The van der Waals surface area contributed by atoms with Crippen LogP contribution in [0.25, 0.3) is 17.5 Å². The third-order valence-electron chi connectivity index (χ3n) is 4.90. The molecule has 0 atom stereocenters. The van der Waals surface area contributed by atoms with E-state index in [2.05, 4.69) is 19.6 Å². The number of benzene rings is 1. The van der Waals surface area contributed by atoms with E-state index in [0.717, 1.165) is 5.56 Å². The van der Waals surface area contributed by atoms with Crippen molar-refractivity contribution in [3.63, 3.8) is 0 Å². The Hall–Kier alpha value is -3.40. The summed E-state index contributed by atoms with van der Waals surface area (Å²) in [5.41, 5.74) is 1.08. The smallest absolute Gasteiger partial charge is 0.353 e. The molecule has 1 aliphatic heterocycles. The third kappa shape index (κ3) is 4.91. The number of pyridine rings is 1. The molecule has 7 nitrogen and oxygen atoms in total. The zero-order valence-corrected chi connectivity index (χ0v) is 17.3. The number of carbonyl (C=O) groups excluding carboxylic acids is 1. The first-order valence-corrected chi connectivity index (χ1v) is 10.0. The van der Waals surface area contributed by atoms with Crippen molar-refractivity contribution in [3.8, 4) is 11.4 Å². The zero-order valence-electron chi connectivity index (χ0n) is 16.6. The molecule has 0 radical (unpaired) electrons. The van der Waals surface area contributed by atoms with Gasteiger partial charge in [-0.25, -0.2) is 4.98 Å². The first kappa shape index (κ1) is 21.8. The lowest BCUT2D eigenvalue weighted by atomic mass is 10.2. The van der Waals surface area contributed by atoms with Gasteiger partial charge in [0.2, 0.25) is 11.7 Å². The molecule has 1 aliphatic rings. The van der Waals surface area contributed by atoms with Crippen molar-refractivity contribution in [2.75, 3.05) is 31.1 Å². The molecule has 1 aromatic carbocycles. The first-order chi connectivity index (χ1) is 15.3. The Balaban J connectivity index is 1.34. The lowest BCUT2D eigenvalue weighted by molar-refractivity contribution is -0.159. The fraction of sp³-hybridized carbons (Fsp3) is 0.238. The number of nitrogens with zero attached hydrogens (tertiary/aromatic N) is 5. The average molecular weight is 464 g/mol. The number of anilines is 1. The van der Waals surface area contributed by atoms with Crippen LogP contribution in [0.2, 0.25) is 5.02 Å². The molecule has 0 saturated carbocycles. The van der Waals surface area contributed by atoms with Crippen LogP contribution in [0.15, 0.2) is 53.2 Å². The van der Waals surface area contributed by atoms with E-state index in [1.807, 2.05) is 23.1 Å². The van der Waals surface area contributed by atoms with E-state index in [1.54, 1.807) is 29.2 Å². The molecule has 3 aromatic rings. The highest BCUT2D eigenvalue weighted by Crippen LogP contribution is 2.29. The van der Waals surface area contributed by atoms with Crippen molar-refractivity contribution in [3.05, 3.63) is 65.1 Å². The van der Waals surface area contributed by atoms with Gasteiger partial charge in [-0.15, -0.1) is 0 Å². The summed E-state index contributed by atoms with van der Waals surface area (Å²) in [5, 5.41) is 3.93. The summed E-state index contributed by atoms with van der Waals surface area (Å²) in [6.07, 6.45) is -0.105. The second-order valence-corrected chi connectivity index (χ2v) is 7.40. The van der Waals surface area contributed by atoms with Gasteiger partial charge in [0.15, 0.2) is 0 Å². The van der Waals surface area contributed by atoms with Crippen molar-refractivity contribution in [1.29, 1.82) is 0 Å².